The first-order valence-electron chi connectivity index (χ1n) is 8.28. The molecule has 1 N–H and O–H groups in total. The number of anilines is 1. The molecule has 2 aliphatic rings. The lowest BCUT2D eigenvalue weighted by Gasteiger charge is -2.38. The molecule has 2 saturated heterocycles. The van der Waals surface area contributed by atoms with Crippen molar-refractivity contribution in [1.82, 2.24) is 10.2 Å². The fourth-order valence-electron chi connectivity index (χ4n) is 3.51. The van der Waals surface area contributed by atoms with Crippen LogP contribution >= 0.6 is 12.4 Å². The van der Waals surface area contributed by atoms with Gasteiger partial charge in [-0.05, 0) is 44.0 Å². The molecule has 1 aromatic carbocycles. The van der Waals surface area contributed by atoms with Gasteiger partial charge < -0.3 is 15.0 Å². The summed E-state index contributed by atoms with van der Waals surface area (Å²) in [4.78, 5) is 4.87. The molecule has 3 rings (SSSR count). The lowest BCUT2D eigenvalue weighted by Crippen LogP contribution is -2.48. The van der Waals surface area contributed by atoms with Gasteiger partial charge in [-0.2, -0.15) is 0 Å². The Kier molecular flexibility index (Phi) is 6.93. The highest BCUT2D eigenvalue weighted by Gasteiger charge is 2.23. The summed E-state index contributed by atoms with van der Waals surface area (Å²) >= 11 is 0. The standard InChI is InChI=1S/C17H26FN3O.ClH/c1-22-17-12-15(18)2-3-16(17)21-10-8-20(9-11-21)13-14-4-6-19-7-5-14;/h2-3,12,14,19H,4-11,13H2,1H3;1H. The van der Waals surface area contributed by atoms with E-state index in [-0.39, 0.29) is 18.2 Å². The zero-order chi connectivity index (χ0) is 15.4. The van der Waals surface area contributed by atoms with Gasteiger partial charge in [-0.3, -0.25) is 4.90 Å². The van der Waals surface area contributed by atoms with E-state index in [9.17, 15) is 4.39 Å². The Hall–Kier alpha value is -1.04. The first-order chi connectivity index (χ1) is 10.8. The van der Waals surface area contributed by atoms with Gasteiger partial charge in [0.2, 0.25) is 0 Å². The third-order valence-electron chi connectivity index (χ3n) is 4.83. The van der Waals surface area contributed by atoms with Crippen LogP contribution in [0.1, 0.15) is 12.8 Å². The van der Waals surface area contributed by atoms with Crippen LogP contribution in [0.25, 0.3) is 0 Å². The summed E-state index contributed by atoms with van der Waals surface area (Å²) in [6.07, 6.45) is 2.60. The first kappa shape index (κ1) is 18.3. The normalized spacial score (nSPS) is 20.2. The average Bonchev–Trinajstić information content (AvgIpc) is 2.56. The van der Waals surface area contributed by atoms with Crippen molar-refractivity contribution in [3.8, 4) is 5.75 Å². The molecule has 4 nitrogen and oxygen atoms in total. The second-order valence-corrected chi connectivity index (χ2v) is 6.30. The molecule has 23 heavy (non-hydrogen) atoms. The number of hydrogen-bond donors (Lipinski definition) is 1. The number of nitrogens with zero attached hydrogens (tertiary/aromatic N) is 2. The number of halogens is 2. The minimum atomic E-state index is -0.245. The van der Waals surface area contributed by atoms with E-state index in [0.717, 1.165) is 50.9 Å². The van der Waals surface area contributed by atoms with E-state index in [1.807, 2.05) is 6.07 Å². The molecule has 1 aromatic rings. The second kappa shape index (κ2) is 8.71. The Morgan fingerprint density at radius 2 is 1.87 bits per heavy atom. The third-order valence-corrected chi connectivity index (χ3v) is 4.83. The number of rotatable bonds is 4. The van der Waals surface area contributed by atoms with Crippen LogP contribution in [0.2, 0.25) is 0 Å². The molecule has 130 valence electrons. The Morgan fingerprint density at radius 3 is 2.52 bits per heavy atom. The lowest BCUT2D eigenvalue weighted by molar-refractivity contribution is 0.196. The highest BCUT2D eigenvalue weighted by atomic mass is 35.5. The monoisotopic (exact) mass is 343 g/mol. The molecule has 2 aliphatic heterocycles. The number of methoxy groups -OCH3 is 1. The van der Waals surface area contributed by atoms with Crippen LogP contribution in [-0.2, 0) is 0 Å². The first-order valence-corrected chi connectivity index (χ1v) is 8.28. The van der Waals surface area contributed by atoms with E-state index in [0.29, 0.717) is 5.75 Å². The van der Waals surface area contributed by atoms with E-state index < -0.39 is 0 Å². The number of piperidine rings is 1. The maximum Gasteiger partial charge on any atom is 0.145 e. The van der Waals surface area contributed by atoms with Crippen molar-refractivity contribution in [2.24, 2.45) is 5.92 Å². The summed E-state index contributed by atoms with van der Waals surface area (Å²) in [5, 5.41) is 3.43. The fraction of sp³-hybridized carbons (Fsp3) is 0.647. The molecule has 0 spiro atoms. The highest BCUT2D eigenvalue weighted by Crippen LogP contribution is 2.29. The molecule has 0 unspecified atom stereocenters. The highest BCUT2D eigenvalue weighted by molar-refractivity contribution is 5.85. The molecule has 2 heterocycles. The minimum Gasteiger partial charge on any atom is -0.494 e. The molecule has 0 aromatic heterocycles. The quantitative estimate of drug-likeness (QED) is 0.908. The SMILES string of the molecule is COc1cc(F)ccc1N1CCN(CC2CCNCC2)CC1.Cl. The lowest BCUT2D eigenvalue weighted by atomic mass is 9.97. The number of piperazine rings is 1. The van der Waals surface area contributed by atoms with Gasteiger partial charge in [0.1, 0.15) is 11.6 Å². The van der Waals surface area contributed by atoms with E-state index in [2.05, 4.69) is 15.1 Å². The zero-order valence-corrected chi connectivity index (χ0v) is 14.6. The van der Waals surface area contributed by atoms with Crippen LogP contribution in [0.4, 0.5) is 10.1 Å². The van der Waals surface area contributed by atoms with Crippen molar-refractivity contribution in [2.75, 3.05) is 57.8 Å². The van der Waals surface area contributed by atoms with Crippen LogP contribution in [0.15, 0.2) is 18.2 Å². The van der Waals surface area contributed by atoms with Crippen molar-refractivity contribution in [2.45, 2.75) is 12.8 Å². The topological polar surface area (TPSA) is 27.7 Å². The summed E-state index contributed by atoms with van der Waals surface area (Å²) in [6, 6.07) is 4.81. The Balaban J connectivity index is 0.00000192. The smallest absolute Gasteiger partial charge is 0.145 e. The molecule has 6 heteroatoms. The van der Waals surface area contributed by atoms with E-state index >= 15 is 0 Å². The number of nitrogens with one attached hydrogen (secondary N) is 1. The number of hydrogen-bond acceptors (Lipinski definition) is 4. The minimum absolute atomic E-state index is 0. The van der Waals surface area contributed by atoms with Crippen molar-refractivity contribution < 1.29 is 9.13 Å². The summed E-state index contributed by atoms with van der Waals surface area (Å²) in [5.74, 6) is 1.23. The van der Waals surface area contributed by atoms with Gasteiger partial charge >= 0.3 is 0 Å². The van der Waals surface area contributed by atoms with Crippen LogP contribution in [-0.4, -0.2) is 57.8 Å². The summed E-state index contributed by atoms with van der Waals surface area (Å²) in [6.45, 7) is 7.65. The molecule has 0 saturated carbocycles. The Labute approximate surface area is 144 Å². The maximum atomic E-state index is 13.3. The zero-order valence-electron chi connectivity index (χ0n) is 13.8. The fourth-order valence-corrected chi connectivity index (χ4v) is 3.51. The predicted molar refractivity (Wildman–Crippen MR) is 94.4 cm³/mol. The molecule has 0 aliphatic carbocycles. The molecule has 0 amide bonds. The third kappa shape index (κ3) is 4.72. The molecular formula is C17H27ClFN3O. The van der Waals surface area contributed by atoms with Gasteiger partial charge in [-0.25, -0.2) is 4.39 Å². The van der Waals surface area contributed by atoms with Crippen molar-refractivity contribution in [3.05, 3.63) is 24.0 Å². The van der Waals surface area contributed by atoms with Gasteiger partial charge in [0.25, 0.3) is 0 Å². The Bertz CT molecular complexity index is 489. The van der Waals surface area contributed by atoms with Crippen LogP contribution in [0.3, 0.4) is 0 Å². The number of ether oxygens (including phenoxy) is 1. The Morgan fingerprint density at radius 1 is 1.17 bits per heavy atom. The van der Waals surface area contributed by atoms with Crippen LogP contribution < -0.4 is 15.0 Å². The van der Waals surface area contributed by atoms with Crippen molar-refractivity contribution in [1.29, 1.82) is 0 Å². The van der Waals surface area contributed by atoms with Crippen molar-refractivity contribution >= 4 is 18.1 Å². The van der Waals surface area contributed by atoms with Gasteiger partial charge in [-0.1, -0.05) is 0 Å². The average molecular weight is 344 g/mol. The van der Waals surface area contributed by atoms with E-state index in [1.54, 1.807) is 7.11 Å². The van der Waals surface area contributed by atoms with E-state index in [1.165, 1.54) is 31.5 Å². The van der Waals surface area contributed by atoms with Crippen molar-refractivity contribution in [3.63, 3.8) is 0 Å². The molecule has 0 atom stereocenters. The van der Waals surface area contributed by atoms with Crippen LogP contribution in [0, 0.1) is 11.7 Å². The second-order valence-electron chi connectivity index (χ2n) is 6.30. The summed E-state index contributed by atoms with van der Waals surface area (Å²) < 4.78 is 18.6. The molecule has 2 fully saturated rings. The van der Waals surface area contributed by atoms with Gasteiger partial charge in [0.15, 0.2) is 0 Å². The number of benzene rings is 1. The summed E-state index contributed by atoms with van der Waals surface area (Å²) in [5.41, 5.74) is 1.01. The summed E-state index contributed by atoms with van der Waals surface area (Å²) in [7, 11) is 1.60. The van der Waals surface area contributed by atoms with Gasteiger partial charge in [-0.15, -0.1) is 12.4 Å². The predicted octanol–water partition coefficient (Wildman–Crippen LogP) is 2.38. The largest absolute Gasteiger partial charge is 0.494 e. The van der Waals surface area contributed by atoms with Crippen LogP contribution in [0.5, 0.6) is 5.75 Å². The molecule has 0 radical (unpaired) electrons. The molecule has 0 bridgehead atoms. The van der Waals surface area contributed by atoms with Gasteiger partial charge in [0, 0.05) is 38.8 Å². The van der Waals surface area contributed by atoms with E-state index in [4.69, 9.17) is 4.74 Å². The molecular weight excluding hydrogens is 317 g/mol. The van der Waals surface area contributed by atoms with Gasteiger partial charge in [0.05, 0.1) is 12.8 Å². The maximum absolute atomic E-state index is 13.3.